The molecule has 1 rings (SSSR count). The van der Waals surface area contributed by atoms with E-state index in [9.17, 15) is 0 Å². The molecule has 3 nitrogen and oxygen atoms in total. The van der Waals surface area contributed by atoms with E-state index < -0.39 is 0 Å². The zero-order chi connectivity index (χ0) is 5.98. The summed E-state index contributed by atoms with van der Waals surface area (Å²) in [6, 6.07) is 0. The highest BCUT2D eigenvalue weighted by atomic mass is 32.1. The summed E-state index contributed by atoms with van der Waals surface area (Å²) < 4.78 is 0. The Morgan fingerprint density at radius 1 is 1.62 bits per heavy atom. The molecule has 1 aromatic rings. The van der Waals surface area contributed by atoms with Crippen molar-refractivity contribution < 1.29 is 0 Å². The van der Waals surface area contributed by atoms with E-state index in [-0.39, 0.29) is 0 Å². The molecule has 8 heavy (non-hydrogen) atoms. The van der Waals surface area contributed by atoms with Crippen LogP contribution in [0, 0.1) is 6.92 Å². The number of nitrogens with zero attached hydrogens (tertiary/aromatic N) is 3. The van der Waals surface area contributed by atoms with Crippen molar-refractivity contribution in [1.29, 1.82) is 0 Å². The molecule has 1 aromatic heterocycles. The van der Waals surface area contributed by atoms with Crippen LogP contribution in [0.15, 0.2) is 11.2 Å². The lowest BCUT2D eigenvalue weighted by atomic mass is 10.7. The Labute approximate surface area is 52.6 Å². The van der Waals surface area contributed by atoms with E-state index in [1.54, 1.807) is 6.92 Å². The van der Waals surface area contributed by atoms with Gasteiger partial charge < -0.3 is 0 Å². The number of rotatable bonds is 0. The van der Waals surface area contributed by atoms with Gasteiger partial charge in [-0.15, -0.1) is 17.7 Å². The van der Waals surface area contributed by atoms with Gasteiger partial charge in [-0.1, -0.05) is 0 Å². The molecule has 0 amide bonds. The summed E-state index contributed by atoms with van der Waals surface area (Å²) in [5.41, 5.74) is 0. The molecule has 0 bridgehead atoms. The van der Waals surface area contributed by atoms with Crippen molar-refractivity contribution >= 4 is 12.6 Å². The van der Waals surface area contributed by atoms with Crippen molar-refractivity contribution in [2.75, 3.05) is 0 Å². The van der Waals surface area contributed by atoms with E-state index in [1.807, 2.05) is 0 Å². The van der Waals surface area contributed by atoms with Crippen molar-refractivity contribution in [3.05, 3.63) is 12.0 Å². The minimum Gasteiger partial charge on any atom is -0.224 e. The lowest BCUT2D eigenvalue weighted by molar-refractivity contribution is 0.851. The molecule has 0 aliphatic carbocycles. The molecule has 0 unspecified atom stereocenters. The molecule has 1 heterocycles. The number of aromatic nitrogens is 3. The van der Waals surface area contributed by atoms with Crippen LogP contribution >= 0.6 is 12.6 Å². The van der Waals surface area contributed by atoms with Crippen molar-refractivity contribution in [2.45, 2.75) is 11.9 Å². The van der Waals surface area contributed by atoms with Crippen LogP contribution < -0.4 is 0 Å². The summed E-state index contributed by atoms with van der Waals surface area (Å²) in [4.78, 5) is 3.86. The van der Waals surface area contributed by atoms with Gasteiger partial charge in [0, 0.05) is 0 Å². The summed E-state index contributed by atoms with van der Waals surface area (Å²) >= 11 is 3.94. The number of hydrogen-bond donors (Lipinski definition) is 1. The number of thiol groups is 1. The molecule has 0 N–H and O–H groups in total. The summed E-state index contributed by atoms with van der Waals surface area (Å²) in [5, 5.41) is 7.83. The van der Waals surface area contributed by atoms with Gasteiger partial charge in [-0.25, -0.2) is 4.98 Å². The first-order valence-electron chi connectivity index (χ1n) is 2.14. The molecule has 42 valence electrons. The van der Waals surface area contributed by atoms with E-state index in [0.717, 1.165) is 0 Å². The Kier molecular flexibility index (Phi) is 1.43. The van der Waals surface area contributed by atoms with Gasteiger partial charge in [0.1, 0.15) is 10.9 Å². The highest BCUT2D eigenvalue weighted by Crippen LogP contribution is 1.94. The minimum absolute atomic E-state index is 0.609. The Hall–Kier alpha value is -0.640. The molecule has 0 aliphatic heterocycles. The van der Waals surface area contributed by atoms with Crippen LogP contribution in [-0.2, 0) is 0 Å². The maximum Gasteiger partial charge on any atom is 0.149 e. The fourth-order valence-corrected chi connectivity index (χ4v) is 0.577. The molecular formula is C4H5N3S. The summed E-state index contributed by atoms with van der Waals surface area (Å²) in [5.74, 6) is 0.650. The summed E-state index contributed by atoms with van der Waals surface area (Å²) in [7, 11) is 0. The first-order valence-corrected chi connectivity index (χ1v) is 2.59. The van der Waals surface area contributed by atoms with E-state index >= 15 is 0 Å². The Bertz CT molecular complexity index is 171. The Balaban J connectivity index is 3.08. The van der Waals surface area contributed by atoms with Crippen molar-refractivity contribution in [3.8, 4) is 0 Å². The molecule has 0 aromatic carbocycles. The number of aryl methyl sites for hydroxylation is 1. The predicted molar refractivity (Wildman–Crippen MR) is 31.8 cm³/mol. The van der Waals surface area contributed by atoms with Gasteiger partial charge in [0.05, 0.1) is 6.20 Å². The third kappa shape index (κ3) is 1.16. The second-order valence-electron chi connectivity index (χ2n) is 1.36. The first-order chi connectivity index (χ1) is 3.79. The lowest BCUT2D eigenvalue weighted by Gasteiger charge is -1.87. The Morgan fingerprint density at radius 2 is 2.38 bits per heavy atom. The third-order valence-electron chi connectivity index (χ3n) is 0.652. The third-order valence-corrected chi connectivity index (χ3v) is 0.867. The van der Waals surface area contributed by atoms with Gasteiger partial charge in [0.25, 0.3) is 0 Å². The van der Waals surface area contributed by atoms with E-state index in [0.29, 0.717) is 10.9 Å². The molecule has 0 aliphatic rings. The van der Waals surface area contributed by atoms with Crippen LogP contribution in [0.5, 0.6) is 0 Å². The smallest absolute Gasteiger partial charge is 0.149 e. The average Bonchev–Trinajstić information content (AvgIpc) is 1.64. The van der Waals surface area contributed by atoms with Crippen molar-refractivity contribution in [3.63, 3.8) is 0 Å². The Morgan fingerprint density at radius 3 is 2.75 bits per heavy atom. The van der Waals surface area contributed by atoms with Crippen LogP contribution in [0.4, 0.5) is 0 Å². The average molecular weight is 127 g/mol. The highest BCUT2D eigenvalue weighted by Gasteiger charge is 1.86. The summed E-state index contributed by atoms with van der Waals surface area (Å²) in [6.07, 6.45) is 1.50. The number of hydrogen-bond acceptors (Lipinski definition) is 4. The van der Waals surface area contributed by atoms with E-state index in [4.69, 9.17) is 0 Å². The molecule has 0 atom stereocenters. The molecule has 0 fully saturated rings. The first kappa shape index (κ1) is 5.50. The fraction of sp³-hybridized carbons (Fsp3) is 0.250. The van der Waals surface area contributed by atoms with Crippen LogP contribution in [0.2, 0.25) is 0 Å². The van der Waals surface area contributed by atoms with Crippen molar-refractivity contribution in [2.24, 2.45) is 0 Å². The topological polar surface area (TPSA) is 38.7 Å². The zero-order valence-corrected chi connectivity index (χ0v) is 5.26. The van der Waals surface area contributed by atoms with Crippen LogP contribution in [0.25, 0.3) is 0 Å². The second kappa shape index (κ2) is 2.09. The van der Waals surface area contributed by atoms with Gasteiger partial charge >= 0.3 is 0 Å². The van der Waals surface area contributed by atoms with E-state index in [2.05, 4.69) is 27.8 Å². The highest BCUT2D eigenvalue weighted by molar-refractivity contribution is 7.80. The standard InChI is InChI=1S/C4H5N3S/c1-3-6-4(8)2-5-7-3/h2H,1H3,(H,6,7,8). The molecule has 0 spiro atoms. The fourth-order valence-electron chi connectivity index (χ4n) is 0.381. The van der Waals surface area contributed by atoms with Crippen LogP contribution in [0.3, 0.4) is 0 Å². The monoisotopic (exact) mass is 127 g/mol. The van der Waals surface area contributed by atoms with Gasteiger partial charge in [0.15, 0.2) is 0 Å². The minimum atomic E-state index is 0.609. The largest absolute Gasteiger partial charge is 0.224 e. The van der Waals surface area contributed by atoms with Gasteiger partial charge in [-0.2, -0.15) is 5.10 Å². The van der Waals surface area contributed by atoms with Gasteiger partial charge in [0.2, 0.25) is 0 Å². The molecule has 0 saturated heterocycles. The molecule has 4 heteroatoms. The molecule has 0 radical (unpaired) electrons. The van der Waals surface area contributed by atoms with Gasteiger partial charge in [-0.3, -0.25) is 0 Å². The maximum atomic E-state index is 3.94. The second-order valence-corrected chi connectivity index (χ2v) is 1.82. The predicted octanol–water partition coefficient (Wildman–Crippen LogP) is 0.469. The normalized spacial score (nSPS) is 9.25. The van der Waals surface area contributed by atoms with Crippen LogP contribution in [0.1, 0.15) is 5.82 Å². The van der Waals surface area contributed by atoms with Gasteiger partial charge in [-0.05, 0) is 6.92 Å². The molecular weight excluding hydrogens is 122 g/mol. The van der Waals surface area contributed by atoms with Crippen LogP contribution in [-0.4, -0.2) is 15.2 Å². The SMILES string of the molecule is Cc1nncc(S)n1. The molecule has 0 saturated carbocycles. The van der Waals surface area contributed by atoms with Crippen molar-refractivity contribution in [1.82, 2.24) is 15.2 Å². The zero-order valence-electron chi connectivity index (χ0n) is 4.37. The lowest BCUT2D eigenvalue weighted by Crippen LogP contribution is -1.89. The summed E-state index contributed by atoms with van der Waals surface area (Å²) in [6.45, 7) is 1.77. The van der Waals surface area contributed by atoms with E-state index in [1.165, 1.54) is 6.20 Å². The quantitative estimate of drug-likeness (QED) is 0.515. The maximum absolute atomic E-state index is 3.94.